The molecule has 2 aromatic heterocycles. The molecule has 1 aromatic carbocycles. The molecule has 0 radical (unpaired) electrons. The van der Waals surface area contributed by atoms with E-state index in [1.807, 2.05) is 31.2 Å². The Labute approximate surface area is 131 Å². The van der Waals surface area contributed by atoms with Gasteiger partial charge in [-0.15, -0.1) is 11.3 Å². The summed E-state index contributed by atoms with van der Waals surface area (Å²) in [6.45, 7) is 2.11. The van der Waals surface area contributed by atoms with Crippen molar-refractivity contribution in [2.75, 3.05) is 7.11 Å². The Kier molecular flexibility index (Phi) is 4.02. The van der Waals surface area contributed by atoms with Crippen LogP contribution in [0.25, 0.3) is 10.9 Å². The second-order valence-corrected chi connectivity index (χ2v) is 5.63. The minimum atomic E-state index is -0.439. The SMILES string of the molecule is COc1ccc2nc(C(=O)OCc3scnc3C)ccc2c1. The van der Waals surface area contributed by atoms with E-state index < -0.39 is 5.97 Å². The third-order valence-electron chi connectivity index (χ3n) is 3.28. The average Bonchev–Trinajstić information content (AvgIpc) is 2.96. The number of esters is 1. The van der Waals surface area contributed by atoms with Crippen molar-refractivity contribution in [2.45, 2.75) is 13.5 Å². The molecule has 3 aromatic rings. The second-order valence-electron chi connectivity index (χ2n) is 4.69. The lowest BCUT2D eigenvalue weighted by atomic mass is 10.2. The van der Waals surface area contributed by atoms with Gasteiger partial charge in [0.2, 0.25) is 0 Å². The Morgan fingerprint density at radius 1 is 1.27 bits per heavy atom. The van der Waals surface area contributed by atoms with Crippen LogP contribution in [0.1, 0.15) is 21.1 Å². The number of ether oxygens (including phenoxy) is 2. The third kappa shape index (κ3) is 2.92. The molecule has 5 nitrogen and oxygen atoms in total. The molecule has 0 unspecified atom stereocenters. The first-order valence-corrected chi connectivity index (χ1v) is 7.56. The van der Waals surface area contributed by atoms with Crippen LogP contribution in [0.5, 0.6) is 5.75 Å². The number of pyridine rings is 1. The van der Waals surface area contributed by atoms with E-state index >= 15 is 0 Å². The minimum absolute atomic E-state index is 0.220. The van der Waals surface area contributed by atoms with Crippen molar-refractivity contribution in [2.24, 2.45) is 0 Å². The van der Waals surface area contributed by atoms with Crippen molar-refractivity contribution in [1.82, 2.24) is 9.97 Å². The zero-order chi connectivity index (χ0) is 15.5. The molecule has 6 heteroatoms. The fourth-order valence-corrected chi connectivity index (χ4v) is 2.70. The molecule has 22 heavy (non-hydrogen) atoms. The first kappa shape index (κ1) is 14.5. The third-order valence-corrected chi connectivity index (χ3v) is 4.19. The molecule has 112 valence electrons. The smallest absolute Gasteiger partial charge is 0.357 e. The number of carbonyl (C=O) groups excluding carboxylic acids is 1. The molecule has 3 rings (SSSR count). The molecule has 0 atom stereocenters. The summed E-state index contributed by atoms with van der Waals surface area (Å²) in [5.41, 5.74) is 3.64. The Morgan fingerprint density at radius 2 is 2.14 bits per heavy atom. The number of carbonyl (C=O) groups is 1. The molecule has 0 fully saturated rings. The van der Waals surface area contributed by atoms with E-state index in [-0.39, 0.29) is 6.61 Å². The van der Waals surface area contributed by atoms with Crippen molar-refractivity contribution in [3.8, 4) is 5.75 Å². The molecular formula is C16H14N2O3S. The summed E-state index contributed by atoms with van der Waals surface area (Å²) in [5.74, 6) is 0.316. The summed E-state index contributed by atoms with van der Waals surface area (Å²) in [6, 6.07) is 8.99. The van der Waals surface area contributed by atoms with Gasteiger partial charge in [-0.05, 0) is 31.2 Å². The maximum atomic E-state index is 12.1. The van der Waals surface area contributed by atoms with Crippen LogP contribution in [-0.2, 0) is 11.3 Å². The Morgan fingerprint density at radius 3 is 2.86 bits per heavy atom. The predicted octanol–water partition coefficient (Wildman–Crippen LogP) is 3.37. The summed E-state index contributed by atoms with van der Waals surface area (Å²) in [4.78, 5) is 21.5. The van der Waals surface area contributed by atoms with Crippen LogP contribution in [0, 0.1) is 6.92 Å². The number of hydrogen-bond donors (Lipinski definition) is 0. The highest BCUT2D eigenvalue weighted by molar-refractivity contribution is 7.09. The number of rotatable bonds is 4. The van der Waals surface area contributed by atoms with E-state index in [0.717, 1.165) is 27.2 Å². The largest absolute Gasteiger partial charge is 0.497 e. The summed E-state index contributed by atoms with van der Waals surface area (Å²) in [5, 5.41) is 0.911. The normalized spacial score (nSPS) is 10.6. The van der Waals surface area contributed by atoms with Crippen LogP contribution in [0.3, 0.4) is 0 Å². The number of aryl methyl sites for hydroxylation is 1. The Bertz CT molecular complexity index is 829. The Balaban J connectivity index is 1.77. The number of methoxy groups -OCH3 is 1. The molecule has 0 saturated heterocycles. The van der Waals surface area contributed by atoms with E-state index in [9.17, 15) is 4.79 Å². The first-order valence-electron chi connectivity index (χ1n) is 6.68. The lowest BCUT2D eigenvalue weighted by Gasteiger charge is -2.05. The van der Waals surface area contributed by atoms with Gasteiger partial charge < -0.3 is 9.47 Å². The fourth-order valence-electron chi connectivity index (χ4n) is 2.01. The lowest BCUT2D eigenvalue weighted by molar-refractivity contribution is 0.0469. The van der Waals surface area contributed by atoms with Gasteiger partial charge in [-0.2, -0.15) is 0 Å². The number of benzene rings is 1. The van der Waals surface area contributed by atoms with Crippen molar-refractivity contribution in [3.63, 3.8) is 0 Å². The molecule has 0 bridgehead atoms. The molecule has 0 saturated carbocycles. The summed E-state index contributed by atoms with van der Waals surface area (Å²) in [7, 11) is 1.61. The van der Waals surface area contributed by atoms with Crippen molar-refractivity contribution < 1.29 is 14.3 Å². The highest BCUT2D eigenvalue weighted by Crippen LogP contribution is 2.20. The quantitative estimate of drug-likeness (QED) is 0.691. The first-order chi connectivity index (χ1) is 10.7. The van der Waals surface area contributed by atoms with E-state index in [4.69, 9.17) is 9.47 Å². The summed E-state index contributed by atoms with van der Waals surface area (Å²) in [6.07, 6.45) is 0. The molecule has 0 aliphatic rings. The highest BCUT2D eigenvalue weighted by atomic mass is 32.1. The zero-order valence-corrected chi connectivity index (χ0v) is 13.0. The second kappa shape index (κ2) is 6.11. The summed E-state index contributed by atoms with van der Waals surface area (Å²) < 4.78 is 10.5. The molecule has 0 amide bonds. The van der Waals surface area contributed by atoms with Gasteiger partial charge in [-0.25, -0.2) is 14.8 Å². The van der Waals surface area contributed by atoms with Crippen molar-refractivity contribution in [3.05, 3.63) is 52.1 Å². The van der Waals surface area contributed by atoms with Crippen molar-refractivity contribution >= 4 is 28.2 Å². The fraction of sp³-hybridized carbons (Fsp3) is 0.188. The van der Waals surface area contributed by atoms with Crippen LogP contribution in [0.4, 0.5) is 0 Å². The number of nitrogens with zero attached hydrogens (tertiary/aromatic N) is 2. The van der Waals surface area contributed by atoms with Crippen LogP contribution >= 0.6 is 11.3 Å². The molecule has 0 N–H and O–H groups in total. The molecular weight excluding hydrogens is 300 g/mol. The molecule has 0 aliphatic carbocycles. The van der Waals surface area contributed by atoms with Crippen LogP contribution in [0.2, 0.25) is 0 Å². The highest BCUT2D eigenvalue weighted by Gasteiger charge is 2.12. The van der Waals surface area contributed by atoms with Crippen LogP contribution in [0.15, 0.2) is 35.8 Å². The maximum absolute atomic E-state index is 12.1. The van der Waals surface area contributed by atoms with Gasteiger partial charge in [0.1, 0.15) is 18.1 Å². The maximum Gasteiger partial charge on any atom is 0.357 e. The van der Waals surface area contributed by atoms with Gasteiger partial charge in [0.05, 0.1) is 28.7 Å². The van der Waals surface area contributed by atoms with E-state index in [1.54, 1.807) is 18.7 Å². The van der Waals surface area contributed by atoms with Gasteiger partial charge in [0, 0.05) is 5.39 Å². The van der Waals surface area contributed by atoms with Crippen LogP contribution < -0.4 is 4.74 Å². The number of thiazole rings is 1. The average molecular weight is 314 g/mol. The lowest BCUT2D eigenvalue weighted by Crippen LogP contribution is -2.07. The number of fused-ring (bicyclic) bond motifs is 1. The van der Waals surface area contributed by atoms with E-state index in [2.05, 4.69) is 9.97 Å². The number of hydrogen-bond acceptors (Lipinski definition) is 6. The monoisotopic (exact) mass is 314 g/mol. The van der Waals surface area contributed by atoms with Gasteiger partial charge >= 0.3 is 5.97 Å². The van der Waals surface area contributed by atoms with E-state index in [0.29, 0.717) is 5.69 Å². The summed E-state index contributed by atoms with van der Waals surface area (Å²) >= 11 is 1.47. The zero-order valence-electron chi connectivity index (χ0n) is 12.2. The molecule has 2 heterocycles. The predicted molar refractivity (Wildman–Crippen MR) is 84.3 cm³/mol. The van der Waals surface area contributed by atoms with E-state index in [1.165, 1.54) is 11.3 Å². The van der Waals surface area contributed by atoms with Gasteiger partial charge in [0.15, 0.2) is 0 Å². The standard InChI is InChI=1S/C16H14N2O3S/c1-10-15(22-9-17-10)8-21-16(19)14-5-3-11-7-12(20-2)4-6-13(11)18-14/h3-7,9H,8H2,1-2H3. The minimum Gasteiger partial charge on any atom is -0.497 e. The molecule has 0 aliphatic heterocycles. The van der Waals surface area contributed by atoms with Gasteiger partial charge in [-0.3, -0.25) is 0 Å². The van der Waals surface area contributed by atoms with Gasteiger partial charge in [-0.1, -0.05) is 6.07 Å². The molecule has 0 spiro atoms. The van der Waals surface area contributed by atoms with Crippen molar-refractivity contribution in [1.29, 1.82) is 0 Å². The number of aromatic nitrogens is 2. The van der Waals surface area contributed by atoms with Crippen LogP contribution in [-0.4, -0.2) is 23.0 Å². The topological polar surface area (TPSA) is 61.3 Å². The van der Waals surface area contributed by atoms with Gasteiger partial charge in [0.25, 0.3) is 0 Å². The Hall–Kier alpha value is -2.47.